The number of nitrogens with zero attached hydrogens (tertiary/aromatic N) is 4. The number of likely N-dealkylation sites (N-methyl/N-ethyl adjacent to an activating group) is 2. The lowest BCUT2D eigenvalue weighted by Gasteiger charge is -2.49. The fourth-order valence-electron chi connectivity index (χ4n) is 13.8. The number of likely N-dealkylation sites (tertiary alicyclic amines) is 2. The summed E-state index contributed by atoms with van der Waals surface area (Å²) < 4.78 is 35.0. The van der Waals surface area contributed by atoms with E-state index in [0.717, 1.165) is 17.1 Å². The molecule has 0 bridgehead atoms. The summed E-state index contributed by atoms with van der Waals surface area (Å²) in [6.45, 7) is 12.3. The molecular weight excluding hydrogens is 1400 g/mol. The molecular formula is C74H109N9O24. The topological polar surface area (TPSA) is 455 Å². The summed E-state index contributed by atoms with van der Waals surface area (Å²) in [5, 5.41) is 75.5. The quantitative estimate of drug-likeness (QED) is 0.0396. The Labute approximate surface area is 623 Å². The van der Waals surface area contributed by atoms with E-state index in [1.807, 2.05) is 19.9 Å². The summed E-state index contributed by atoms with van der Waals surface area (Å²) in [7, 11) is 5.89. The van der Waals surface area contributed by atoms with Gasteiger partial charge in [0, 0.05) is 72.8 Å². The number of hydrogen-bond acceptors (Lipinski definition) is 23. The van der Waals surface area contributed by atoms with Crippen molar-refractivity contribution < 1.29 is 117 Å². The summed E-state index contributed by atoms with van der Waals surface area (Å²) >= 11 is 0. The summed E-state index contributed by atoms with van der Waals surface area (Å²) in [5.41, 5.74) is -0.195. The number of rotatable bonds is 40. The van der Waals surface area contributed by atoms with Crippen LogP contribution < -0.4 is 31.3 Å². The molecule has 33 nitrogen and oxygen atoms in total. The van der Waals surface area contributed by atoms with Gasteiger partial charge in [-0.1, -0.05) is 91.3 Å². The number of amides is 9. The number of nitrogens with one attached hydrogen (secondary N) is 5. The Kier molecular flexibility index (Phi) is 33.1. The van der Waals surface area contributed by atoms with Crippen molar-refractivity contribution in [2.75, 3.05) is 74.3 Å². The van der Waals surface area contributed by atoms with Crippen LogP contribution in [0.1, 0.15) is 130 Å². The molecule has 4 aliphatic rings. The van der Waals surface area contributed by atoms with Gasteiger partial charge < -0.3 is 100 Å². The molecule has 1 aliphatic carbocycles. The van der Waals surface area contributed by atoms with Gasteiger partial charge in [-0.15, -0.1) is 0 Å². The highest BCUT2D eigenvalue weighted by molar-refractivity contribution is 6.18. The molecule has 6 rings (SSSR count). The molecule has 0 unspecified atom stereocenters. The lowest BCUT2D eigenvalue weighted by atomic mass is 9.89. The third-order valence-corrected chi connectivity index (χ3v) is 20.3. The van der Waals surface area contributed by atoms with Crippen LogP contribution in [0.25, 0.3) is 0 Å². The highest BCUT2D eigenvalue weighted by Gasteiger charge is 2.50. The Hall–Kier alpha value is -8.54. The third kappa shape index (κ3) is 23.2. The number of aliphatic carboxylic acids is 1. The molecule has 0 saturated carbocycles. The molecule has 9 amide bonds. The van der Waals surface area contributed by atoms with E-state index in [-0.39, 0.29) is 99.4 Å². The van der Waals surface area contributed by atoms with Crippen molar-refractivity contribution >= 4 is 70.9 Å². The minimum absolute atomic E-state index is 0.0233. The van der Waals surface area contributed by atoms with E-state index in [1.54, 1.807) is 77.8 Å². The summed E-state index contributed by atoms with van der Waals surface area (Å²) in [6.07, 6.45) is -10.2. The van der Waals surface area contributed by atoms with Gasteiger partial charge in [-0.05, 0) is 79.4 Å². The molecule has 15 atom stereocenters. The highest BCUT2D eigenvalue weighted by Crippen LogP contribution is 2.33. The van der Waals surface area contributed by atoms with Crippen LogP contribution in [-0.4, -0.2) is 274 Å². The molecule has 11 N–H and O–H groups in total. The fraction of sp³-hybridized carbons (Fsp3) is 0.649. The fourth-order valence-corrected chi connectivity index (χ4v) is 13.8. The number of benzene rings is 2. The van der Waals surface area contributed by atoms with Gasteiger partial charge in [0.1, 0.15) is 55.0 Å². The Bertz CT molecular complexity index is 3430. The van der Waals surface area contributed by atoms with Gasteiger partial charge in [-0.3, -0.25) is 52.8 Å². The van der Waals surface area contributed by atoms with Crippen LogP contribution in [0.3, 0.4) is 0 Å². The van der Waals surface area contributed by atoms with E-state index < -0.39 is 187 Å². The molecule has 594 valence electrons. The van der Waals surface area contributed by atoms with Crippen molar-refractivity contribution in [3.8, 4) is 5.75 Å². The van der Waals surface area contributed by atoms with Gasteiger partial charge in [-0.25, -0.2) is 9.59 Å². The molecule has 0 spiro atoms. The van der Waals surface area contributed by atoms with Gasteiger partial charge in [-0.2, -0.15) is 0 Å². The van der Waals surface area contributed by atoms with Crippen LogP contribution in [0.5, 0.6) is 5.75 Å². The largest absolute Gasteiger partial charge is 0.479 e. The first kappa shape index (κ1) is 87.4. The van der Waals surface area contributed by atoms with E-state index in [0.29, 0.717) is 31.4 Å². The van der Waals surface area contributed by atoms with E-state index in [4.69, 9.17) is 28.4 Å². The number of carboxylic acid groups (broad SMARTS) is 1. The standard InChI is InChI=1S/C74H109N9O24/c1-13-42(6)61(53(102-11)33-58(91)83-30-17-20-49(83)66(103-12)43(7)68(96)78-44(8)62(92)46-18-15-14-16-19-46)80(9)70(98)59(40(2)3)79-69(97)60(41(4)5)81(10)73(101)104-35-45-21-25-52(106-72-65(95)63(93)64(94)67(107-72)71(99)100)47(32-45)34-76-55(88)27-29-75-56(89)36-105-74(38-82(39-74)57(90)28-31-84)37-77-54(87)26-22-48-50(85)23-24-51(48)86/h14-16,18-19,21,23-25,32,40-44,48-49,53,59-67,72,84,92-95H,13,17,20,22,26-31,33-39H2,1-12H3,(H,75,89)(H,76,88)(H,77,87)(H,78,96)(H,79,97)(H,99,100)/t42-,43+,44+,49-,53+,59-,60-,61-,62+,63-,64-,65+,66+,67-,72+/m0/s1. The number of carboxylic acids is 1. The van der Waals surface area contributed by atoms with Crippen LogP contribution in [0.2, 0.25) is 0 Å². The first-order chi connectivity index (χ1) is 50.6. The minimum atomic E-state index is -2.05. The molecule has 3 fully saturated rings. The maximum Gasteiger partial charge on any atom is 0.410 e. The molecule has 2 aromatic rings. The van der Waals surface area contributed by atoms with E-state index in [9.17, 15) is 88.2 Å². The molecule has 33 heteroatoms. The maximum atomic E-state index is 14.9. The van der Waals surface area contributed by atoms with Crippen LogP contribution in [0.15, 0.2) is 60.7 Å². The number of ketones is 2. The molecule has 0 radical (unpaired) electrons. The molecule has 0 aromatic heterocycles. The van der Waals surface area contributed by atoms with Gasteiger partial charge in [0.05, 0.1) is 80.9 Å². The van der Waals surface area contributed by atoms with Crippen LogP contribution in [0.4, 0.5) is 4.79 Å². The smallest absolute Gasteiger partial charge is 0.410 e. The van der Waals surface area contributed by atoms with Crippen LogP contribution in [0, 0.1) is 29.6 Å². The zero-order valence-corrected chi connectivity index (χ0v) is 63.0. The monoisotopic (exact) mass is 1510 g/mol. The minimum Gasteiger partial charge on any atom is -0.479 e. The number of carbonyl (C=O) groups excluding carboxylic acids is 11. The normalized spacial score (nSPS) is 21.7. The number of allylic oxidation sites excluding steroid dienone is 2. The van der Waals surface area contributed by atoms with Gasteiger partial charge in [0.2, 0.25) is 53.5 Å². The van der Waals surface area contributed by atoms with Gasteiger partial charge >= 0.3 is 12.1 Å². The lowest BCUT2D eigenvalue weighted by molar-refractivity contribution is -0.271. The zero-order valence-electron chi connectivity index (χ0n) is 63.0. The summed E-state index contributed by atoms with van der Waals surface area (Å²) in [6, 6.07) is 8.95. The Balaban J connectivity index is 1.08. The lowest BCUT2D eigenvalue weighted by Crippen LogP contribution is -2.69. The maximum absolute atomic E-state index is 14.9. The van der Waals surface area contributed by atoms with E-state index >= 15 is 0 Å². The second kappa shape index (κ2) is 40.6. The van der Waals surface area contributed by atoms with Gasteiger partial charge in [0.25, 0.3) is 0 Å². The SMILES string of the molecule is CC[C@H](C)[C@@H]([C@@H](CC(=O)N1CCC[C@H]1[C@H](OC)[C@@H](C)C(=O)N[C@H](C)[C@@H](O)c1ccccc1)OC)N(C)C(=O)[C@@H](NC(=O)[C@H](C(C)C)N(C)C(=O)OCc1ccc(O[C@@H]2O[C@H](C(=O)O)[C@@H](O)[C@H](O)[C@H]2O)c(CNC(=O)CCNC(=O)COC2(CNC(=O)CCC3C(=O)C=CC3=O)CN(C(=O)CCO)C2)c1)C(C)C. The highest BCUT2D eigenvalue weighted by atomic mass is 16.7. The number of aliphatic hydroxyl groups excluding tert-OH is 5. The van der Waals surface area contributed by atoms with Crippen LogP contribution >= 0.6 is 0 Å². The van der Waals surface area contributed by atoms with Crippen molar-refractivity contribution in [2.45, 2.75) is 205 Å². The van der Waals surface area contributed by atoms with Crippen molar-refractivity contribution in [2.24, 2.45) is 29.6 Å². The van der Waals surface area contributed by atoms with E-state index in [2.05, 4.69) is 26.6 Å². The second-order valence-electron chi connectivity index (χ2n) is 28.7. The molecule has 3 heterocycles. The van der Waals surface area contributed by atoms with Gasteiger partial charge in [0.15, 0.2) is 17.7 Å². The molecule has 2 aromatic carbocycles. The van der Waals surface area contributed by atoms with E-state index in [1.165, 1.54) is 49.3 Å². The summed E-state index contributed by atoms with van der Waals surface area (Å²) in [4.78, 5) is 165. The Morgan fingerprint density at radius 3 is 2.03 bits per heavy atom. The van der Waals surface area contributed by atoms with Crippen molar-refractivity contribution in [1.29, 1.82) is 0 Å². The predicted molar refractivity (Wildman–Crippen MR) is 381 cm³/mol. The summed E-state index contributed by atoms with van der Waals surface area (Å²) in [5.74, 6) is -9.63. The number of carbonyl (C=O) groups is 12. The van der Waals surface area contributed by atoms with Crippen molar-refractivity contribution in [3.05, 3.63) is 77.4 Å². The number of methoxy groups -OCH3 is 2. The first-order valence-electron chi connectivity index (χ1n) is 36.3. The second-order valence-corrected chi connectivity index (χ2v) is 28.7. The van der Waals surface area contributed by atoms with Crippen molar-refractivity contribution in [3.63, 3.8) is 0 Å². The van der Waals surface area contributed by atoms with Crippen LogP contribution in [-0.2, 0) is 89.6 Å². The average molecular weight is 1510 g/mol. The predicted octanol–water partition coefficient (Wildman–Crippen LogP) is 0.173. The molecule has 3 saturated heterocycles. The molecule has 3 aliphatic heterocycles. The molecule has 107 heavy (non-hydrogen) atoms. The number of ether oxygens (including phenoxy) is 6. The Morgan fingerprint density at radius 1 is 0.757 bits per heavy atom. The number of aliphatic hydroxyl groups is 5. The number of hydrogen-bond donors (Lipinski definition) is 11. The first-order valence-corrected chi connectivity index (χ1v) is 36.3. The Morgan fingerprint density at radius 2 is 1.42 bits per heavy atom. The van der Waals surface area contributed by atoms with Crippen molar-refractivity contribution in [1.82, 2.24) is 46.2 Å². The zero-order chi connectivity index (χ0) is 79.3. The average Bonchev–Trinajstić information content (AvgIpc) is 1.36. The third-order valence-electron chi connectivity index (χ3n) is 20.3.